The quantitative estimate of drug-likeness (QED) is 0.732. The summed E-state index contributed by atoms with van der Waals surface area (Å²) in [4.78, 5) is 2.43. The minimum absolute atomic E-state index is 0.531. The normalized spacial score (nSPS) is 22.8. The largest absolute Gasteiger partial charge is 0.302 e. The van der Waals surface area contributed by atoms with Crippen LogP contribution in [0.25, 0.3) is 0 Å². The predicted octanol–water partition coefficient (Wildman–Crippen LogP) is 1.52. The molecule has 76 valence electrons. The van der Waals surface area contributed by atoms with E-state index < -0.39 is 0 Å². The van der Waals surface area contributed by atoms with E-state index in [4.69, 9.17) is 0 Å². The van der Waals surface area contributed by atoms with E-state index in [2.05, 4.69) is 53.2 Å². The van der Waals surface area contributed by atoms with E-state index in [0.29, 0.717) is 6.04 Å². The van der Waals surface area contributed by atoms with Crippen molar-refractivity contribution in [1.29, 1.82) is 0 Å². The molecule has 1 aromatic carbocycles. The zero-order valence-electron chi connectivity index (χ0n) is 8.19. The SMILES string of the molecule is SCCN1CNCC1c1ccccc1. The molecule has 1 atom stereocenters. The molecule has 1 unspecified atom stereocenters. The van der Waals surface area contributed by atoms with Gasteiger partial charge in [0, 0.05) is 31.6 Å². The molecule has 2 rings (SSSR count). The average molecular weight is 208 g/mol. The molecule has 0 spiro atoms. The summed E-state index contributed by atoms with van der Waals surface area (Å²) in [5.74, 6) is 0.922. The second kappa shape index (κ2) is 4.82. The number of hydrogen-bond donors (Lipinski definition) is 2. The Bertz CT molecular complexity index is 276. The third kappa shape index (κ3) is 2.11. The lowest BCUT2D eigenvalue weighted by Gasteiger charge is -2.22. The van der Waals surface area contributed by atoms with Gasteiger partial charge in [0.15, 0.2) is 0 Å². The summed E-state index contributed by atoms with van der Waals surface area (Å²) in [5.41, 5.74) is 1.40. The van der Waals surface area contributed by atoms with E-state index >= 15 is 0 Å². The Morgan fingerprint density at radius 2 is 2.14 bits per heavy atom. The minimum Gasteiger partial charge on any atom is -0.302 e. The lowest BCUT2D eigenvalue weighted by molar-refractivity contribution is 0.278. The van der Waals surface area contributed by atoms with Crippen molar-refractivity contribution in [2.24, 2.45) is 0 Å². The fourth-order valence-electron chi connectivity index (χ4n) is 1.95. The maximum atomic E-state index is 4.28. The van der Waals surface area contributed by atoms with Crippen LogP contribution in [0.5, 0.6) is 0 Å². The first kappa shape index (κ1) is 10.0. The third-order valence-electron chi connectivity index (χ3n) is 2.66. The highest BCUT2D eigenvalue weighted by atomic mass is 32.1. The summed E-state index contributed by atoms with van der Waals surface area (Å²) in [5, 5.41) is 3.40. The van der Waals surface area contributed by atoms with Crippen LogP contribution in [0.15, 0.2) is 30.3 Å². The van der Waals surface area contributed by atoms with E-state index in [1.807, 2.05) is 0 Å². The second-order valence-electron chi connectivity index (χ2n) is 3.57. The fourth-order valence-corrected chi connectivity index (χ4v) is 2.21. The lowest BCUT2D eigenvalue weighted by atomic mass is 10.1. The Kier molecular flexibility index (Phi) is 3.45. The summed E-state index contributed by atoms with van der Waals surface area (Å²) in [6.45, 7) is 3.09. The monoisotopic (exact) mass is 208 g/mol. The van der Waals surface area contributed by atoms with Gasteiger partial charge in [0.25, 0.3) is 0 Å². The van der Waals surface area contributed by atoms with Crippen LogP contribution in [0, 0.1) is 0 Å². The van der Waals surface area contributed by atoms with E-state index in [1.165, 1.54) is 5.56 Å². The van der Waals surface area contributed by atoms with Gasteiger partial charge in [-0.15, -0.1) is 0 Å². The molecule has 1 aliphatic rings. The number of nitrogens with zero attached hydrogens (tertiary/aromatic N) is 1. The molecule has 2 nitrogen and oxygen atoms in total. The highest BCUT2D eigenvalue weighted by molar-refractivity contribution is 7.80. The number of rotatable bonds is 3. The number of hydrogen-bond acceptors (Lipinski definition) is 3. The highest BCUT2D eigenvalue weighted by Crippen LogP contribution is 2.22. The summed E-state index contributed by atoms with van der Waals surface area (Å²) in [7, 11) is 0. The van der Waals surface area contributed by atoms with Gasteiger partial charge in [-0.3, -0.25) is 4.90 Å². The Balaban J connectivity index is 2.10. The first-order valence-electron chi connectivity index (χ1n) is 5.02. The van der Waals surface area contributed by atoms with Crippen LogP contribution < -0.4 is 5.32 Å². The summed E-state index contributed by atoms with van der Waals surface area (Å²) in [6.07, 6.45) is 0. The summed E-state index contributed by atoms with van der Waals surface area (Å²) < 4.78 is 0. The van der Waals surface area contributed by atoms with Crippen LogP contribution in [0.4, 0.5) is 0 Å². The van der Waals surface area contributed by atoms with Crippen LogP contribution in [-0.4, -0.2) is 30.4 Å². The lowest BCUT2D eigenvalue weighted by Crippen LogP contribution is -2.26. The van der Waals surface area contributed by atoms with E-state index in [0.717, 1.165) is 25.5 Å². The van der Waals surface area contributed by atoms with Crippen LogP contribution in [0.3, 0.4) is 0 Å². The van der Waals surface area contributed by atoms with Gasteiger partial charge in [0.05, 0.1) is 0 Å². The van der Waals surface area contributed by atoms with Crippen molar-refractivity contribution in [3.05, 3.63) is 35.9 Å². The summed E-state index contributed by atoms with van der Waals surface area (Å²) >= 11 is 4.28. The predicted molar refractivity (Wildman–Crippen MR) is 62.6 cm³/mol. The van der Waals surface area contributed by atoms with Crippen molar-refractivity contribution < 1.29 is 0 Å². The molecule has 1 heterocycles. The van der Waals surface area contributed by atoms with Crippen LogP contribution in [-0.2, 0) is 0 Å². The van der Waals surface area contributed by atoms with E-state index in [-0.39, 0.29) is 0 Å². The standard InChI is InChI=1S/C11H16N2S/c14-7-6-13-9-12-8-11(13)10-4-2-1-3-5-10/h1-5,11-12,14H,6-9H2. The Labute approximate surface area is 90.7 Å². The molecule has 0 aromatic heterocycles. The second-order valence-corrected chi connectivity index (χ2v) is 4.02. The highest BCUT2D eigenvalue weighted by Gasteiger charge is 2.24. The van der Waals surface area contributed by atoms with Gasteiger partial charge in [-0.1, -0.05) is 30.3 Å². The molecule has 1 aliphatic heterocycles. The van der Waals surface area contributed by atoms with Gasteiger partial charge in [0.1, 0.15) is 0 Å². The van der Waals surface area contributed by atoms with E-state index in [1.54, 1.807) is 0 Å². The average Bonchev–Trinajstić information content (AvgIpc) is 2.68. The van der Waals surface area contributed by atoms with Gasteiger partial charge in [-0.05, 0) is 5.56 Å². The van der Waals surface area contributed by atoms with Gasteiger partial charge in [-0.25, -0.2) is 0 Å². The fraction of sp³-hybridized carbons (Fsp3) is 0.455. The van der Waals surface area contributed by atoms with Crippen LogP contribution >= 0.6 is 12.6 Å². The van der Waals surface area contributed by atoms with Gasteiger partial charge < -0.3 is 5.32 Å². The smallest absolute Gasteiger partial charge is 0.0487 e. The van der Waals surface area contributed by atoms with Crippen molar-refractivity contribution in [1.82, 2.24) is 10.2 Å². The van der Waals surface area contributed by atoms with Crippen molar-refractivity contribution in [2.75, 3.05) is 25.5 Å². The Morgan fingerprint density at radius 1 is 1.36 bits per heavy atom. The molecule has 1 saturated heterocycles. The molecule has 0 bridgehead atoms. The maximum Gasteiger partial charge on any atom is 0.0487 e. The molecule has 14 heavy (non-hydrogen) atoms. The summed E-state index contributed by atoms with van der Waals surface area (Å²) in [6, 6.07) is 11.2. The van der Waals surface area contributed by atoms with Gasteiger partial charge >= 0.3 is 0 Å². The molecule has 1 aromatic rings. The third-order valence-corrected chi connectivity index (χ3v) is 2.86. The van der Waals surface area contributed by atoms with E-state index in [9.17, 15) is 0 Å². The van der Waals surface area contributed by atoms with Gasteiger partial charge in [0.2, 0.25) is 0 Å². The molecular weight excluding hydrogens is 192 g/mol. The molecular formula is C11H16N2S. The zero-order valence-corrected chi connectivity index (χ0v) is 9.08. The van der Waals surface area contributed by atoms with Crippen molar-refractivity contribution >= 4 is 12.6 Å². The maximum absolute atomic E-state index is 4.28. The van der Waals surface area contributed by atoms with Crippen LogP contribution in [0.2, 0.25) is 0 Å². The van der Waals surface area contributed by atoms with Gasteiger partial charge in [-0.2, -0.15) is 12.6 Å². The molecule has 1 fully saturated rings. The Morgan fingerprint density at radius 3 is 2.86 bits per heavy atom. The first-order chi connectivity index (χ1) is 6.92. The first-order valence-corrected chi connectivity index (χ1v) is 5.65. The molecule has 0 radical (unpaired) electrons. The molecule has 3 heteroatoms. The van der Waals surface area contributed by atoms with Crippen molar-refractivity contribution in [3.63, 3.8) is 0 Å². The number of benzene rings is 1. The number of thiol groups is 1. The Hall–Kier alpha value is -0.510. The minimum atomic E-state index is 0.531. The molecule has 1 N–H and O–H groups in total. The molecule has 0 aliphatic carbocycles. The molecule has 0 amide bonds. The molecule has 0 saturated carbocycles. The van der Waals surface area contributed by atoms with Crippen molar-refractivity contribution in [2.45, 2.75) is 6.04 Å². The number of nitrogens with one attached hydrogen (secondary N) is 1. The zero-order chi connectivity index (χ0) is 9.80. The topological polar surface area (TPSA) is 15.3 Å². The van der Waals surface area contributed by atoms with Crippen LogP contribution in [0.1, 0.15) is 11.6 Å². The van der Waals surface area contributed by atoms with Crippen molar-refractivity contribution in [3.8, 4) is 0 Å².